The first kappa shape index (κ1) is 14.3. The highest BCUT2D eigenvalue weighted by molar-refractivity contribution is 7.15. The largest absolute Gasteiger partial charge is 0.356 e. The van der Waals surface area contributed by atoms with E-state index in [0.29, 0.717) is 0 Å². The Bertz CT molecular complexity index is 621. The van der Waals surface area contributed by atoms with Gasteiger partial charge in [-0.2, -0.15) is 0 Å². The van der Waals surface area contributed by atoms with Crippen LogP contribution in [0.15, 0.2) is 30.3 Å². The maximum atomic E-state index is 12.1. The SMILES string of the molecule is CCCNC(=O)C1CCc2nc(-c3ccccc3)sc2C1. The van der Waals surface area contributed by atoms with Crippen LogP contribution in [0.1, 0.15) is 30.3 Å². The lowest BCUT2D eigenvalue weighted by atomic mass is 9.90. The van der Waals surface area contributed by atoms with Gasteiger partial charge in [-0.15, -0.1) is 11.3 Å². The molecule has 3 rings (SSSR count). The summed E-state index contributed by atoms with van der Waals surface area (Å²) in [6.45, 7) is 2.86. The van der Waals surface area contributed by atoms with Gasteiger partial charge in [0.1, 0.15) is 5.01 Å². The van der Waals surface area contributed by atoms with Crippen molar-refractivity contribution in [3.63, 3.8) is 0 Å². The van der Waals surface area contributed by atoms with Gasteiger partial charge in [0, 0.05) is 22.9 Å². The minimum absolute atomic E-state index is 0.119. The Morgan fingerprint density at radius 2 is 2.19 bits per heavy atom. The van der Waals surface area contributed by atoms with E-state index < -0.39 is 0 Å². The first-order valence-electron chi connectivity index (χ1n) is 7.59. The van der Waals surface area contributed by atoms with Gasteiger partial charge in [0.15, 0.2) is 0 Å². The number of aryl methyl sites for hydroxylation is 1. The number of fused-ring (bicyclic) bond motifs is 1. The molecule has 1 unspecified atom stereocenters. The van der Waals surface area contributed by atoms with Crippen LogP contribution in [0.5, 0.6) is 0 Å². The second kappa shape index (κ2) is 6.39. The average Bonchev–Trinajstić information content (AvgIpc) is 2.96. The first-order valence-corrected chi connectivity index (χ1v) is 8.41. The van der Waals surface area contributed by atoms with Crippen molar-refractivity contribution in [1.29, 1.82) is 0 Å². The third-order valence-corrected chi connectivity index (χ3v) is 5.05. The minimum atomic E-state index is 0.119. The number of rotatable bonds is 4. The molecule has 0 fully saturated rings. The summed E-state index contributed by atoms with van der Waals surface area (Å²) in [5.41, 5.74) is 2.36. The van der Waals surface area contributed by atoms with Crippen LogP contribution in [0.4, 0.5) is 0 Å². The summed E-state index contributed by atoms with van der Waals surface area (Å²) in [5.74, 6) is 0.324. The van der Waals surface area contributed by atoms with Gasteiger partial charge >= 0.3 is 0 Å². The van der Waals surface area contributed by atoms with Crippen molar-refractivity contribution in [2.24, 2.45) is 5.92 Å². The van der Waals surface area contributed by atoms with Crippen molar-refractivity contribution < 1.29 is 4.79 Å². The highest BCUT2D eigenvalue weighted by atomic mass is 32.1. The Labute approximate surface area is 129 Å². The number of nitrogens with zero attached hydrogens (tertiary/aromatic N) is 1. The second-order valence-corrected chi connectivity index (χ2v) is 6.57. The lowest BCUT2D eigenvalue weighted by Crippen LogP contribution is -2.34. The first-order chi connectivity index (χ1) is 10.3. The number of hydrogen-bond acceptors (Lipinski definition) is 3. The van der Waals surface area contributed by atoms with Crippen molar-refractivity contribution in [3.8, 4) is 10.6 Å². The molecule has 1 aromatic carbocycles. The number of thiazole rings is 1. The van der Waals surface area contributed by atoms with Crippen LogP contribution in [0.3, 0.4) is 0 Å². The zero-order chi connectivity index (χ0) is 14.7. The third kappa shape index (κ3) is 3.16. The fraction of sp³-hybridized carbons (Fsp3) is 0.412. The molecule has 1 heterocycles. The molecule has 2 aromatic rings. The minimum Gasteiger partial charge on any atom is -0.356 e. The van der Waals surface area contributed by atoms with Gasteiger partial charge in [0.25, 0.3) is 0 Å². The number of benzene rings is 1. The predicted molar refractivity (Wildman–Crippen MR) is 86.4 cm³/mol. The van der Waals surface area contributed by atoms with Crippen LogP contribution < -0.4 is 5.32 Å². The third-order valence-electron chi connectivity index (χ3n) is 3.88. The number of carbonyl (C=O) groups is 1. The highest BCUT2D eigenvalue weighted by Crippen LogP contribution is 2.34. The fourth-order valence-corrected chi connectivity index (χ4v) is 3.89. The molecule has 0 aliphatic heterocycles. The Morgan fingerprint density at radius 1 is 1.38 bits per heavy atom. The second-order valence-electron chi connectivity index (χ2n) is 5.49. The van der Waals surface area contributed by atoms with Crippen LogP contribution in [-0.4, -0.2) is 17.4 Å². The summed E-state index contributed by atoms with van der Waals surface area (Å²) in [4.78, 5) is 18.2. The van der Waals surface area contributed by atoms with Gasteiger partial charge in [0.05, 0.1) is 5.69 Å². The molecule has 1 aliphatic carbocycles. The molecular weight excluding hydrogens is 280 g/mol. The highest BCUT2D eigenvalue weighted by Gasteiger charge is 2.27. The molecule has 3 nitrogen and oxygen atoms in total. The number of hydrogen-bond donors (Lipinski definition) is 1. The van der Waals surface area contributed by atoms with Gasteiger partial charge in [-0.3, -0.25) is 4.79 Å². The van der Waals surface area contributed by atoms with Gasteiger partial charge in [-0.1, -0.05) is 37.3 Å². The Kier molecular flexibility index (Phi) is 4.34. The van der Waals surface area contributed by atoms with E-state index in [9.17, 15) is 4.79 Å². The van der Waals surface area contributed by atoms with Crippen LogP contribution in [0.2, 0.25) is 0 Å². The molecule has 1 aromatic heterocycles. The Morgan fingerprint density at radius 3 is 2.95 bits per heavy atom. The van der Waals surface area contributed by atoms with Gasteiger partial charge in [-0.05, 0) is 25.7 Å². The van der Waals surface area contributed by atoms with E-state index in [1.807, 2.05) is 18.2 Å². The smallest absolute Gasteiger partial charge is 0.223 e. The zero-order valence-corrected chi connectivity index (χ0v) is 13.1. The normalized spacial score (nSPS) is 17.3. The summed E-state index contributed by atoms with van der Waals surface area (Å²) >= 11 is 1.74. The Balaban J connectivity index is 1.75. The van der Waals surface area contributed by atoms with Crippen molar-refractivity contribution in [3.05, 3.63) is 40.9 Å². The molecular formula is C17H20N2OS. The summed E-state index contributed by atoms with van der Waals surface area (Å²) in [6.07, 6.45) is 3.67. The van der Waals surface area contributed by atoms with Gasteiger partial charge < -0.3 is 5.32 Å². The molecule has 4 heteroatoms. The molecule has 21 heavy (non-hydrogen) atoms. The molecule has 1 atom stereocenters. The van der Waals surface area contributed by atoms with Gasteiger partial charge in [-0.25, -0.2) is 4.98 Å². The van der Waals surface area contributed by atoms with Crippen LogP contribution in [-0.2, 0) is 17.6 Å². The molecule has 0 bridgehead atoms. The zero-order valence-electron chi connectivity index (χ0n) is 12.3. The maximum Gasteiger partial charge on any atom is 0.223 e. The maximum absolute atomic E-state index is 12.1. The van der Waals surface area contributed by atoms with E-state index in [0.717, 1.165) is 37.2 Å². The van der Waals surface area contributed by atoms with E-state index in [1.165, 1.54) is 16.1 Å². The number of carbonyl (C=O) groups excluding carboxylic acids is 1. The van der Waals surface area contributed by atoms with Gasteiger partial charge in [0.2, 0.25) is 5.91 Å². The van der Waals surface area contributed by atoms with Crippen LogP contribution in [0.25, 0.3) is 10.6 Å². The van der Waals surface area contributed by atoms with Crippen molar-refractivity contribution in [2.45, 2.75) is 32.6 Å². The summed E-state index contributed by atoms with van der Waals surface area (Å²) in [5, 5.41) is 4.10. The summed E-state index contributed by atoms with van der Waals surface area (Å²) in [6, 6.07) is 10.3. The van der Waals surface area contributed by atoms with E-state index in [-0.39, 0.29) is 11.8 Å². The topological polar surface area (TPSA) is 42.0 Å². The average molecular weight is 300 g/mol. The Hall–Kier alpha value is -1.68. The number of aromatic nitrogens is 1. The van der Waals surface area contributed by atoms with Crippen LogP contribution in [0, 0.1) is 5.92 Å². The number of nitrogens with one attached hydrogen (secondary N) is 1. The molecule has 110 valence electrons. The molecule has 1 N–H and O–H groups in total. The quantitative estimate of drug-likeness (QED) is 0.940. The van der Waals surface area contributed by atoms with E-state index >= 15 is 0 Å². The monoisotopic (exact) mass is 300 g/mol. The fourth-order valence-electron chi connectivity index (χ4n) is 2.70. The predicted octanol–water partition coefficient (Wildman–Crippen LogP) is 3.44. The molecule has 0 saturated heterocycles. The van der Waals surface area contributed by atoms with E-state index in [2.05, 4.69) is 24.4 Å². The summed E-state index contributed by atoms with van der Waals surface area (Å²) in [7, 11) is 0. The molecule has 0 radical (unpaired) electrons. The van der Waals surface area contributed by atoms with E-state index in [1.54, 1.807) is 11.3 Å². The van der Waals surface area contributed by atoms with Crippen LogP contribution >= 0.6 is 11.3 Å². The van der Waals surface area contributed by atoms with Crippen molar-refractivity contribution in [2.75, 3.05) is 6.54 Å². The lowest BCUT2D eigenvalue weighted by Gasteiger charge is -2.20. The molecule has 1 aliphatic rings. The van der Waals surface area contributed by atoms with E-state index in [4.69, 9.17) is 4.98 Å². The number of amides is 1. The van der Waals surface area contributed by atoms with Crippen molar-refractivity contribution >= 4 is 17.2 Å². The molecule has 0 spiro atoms. The lowest BCUT2D eigenvalue weighted by molar-refractivity contribution is -0.125. The van der Waals surface area contributed by atoms with Crippen molar-refractivity contribution in [1.82, 2.24) is 10.3 Å². The summed E-state index contributed by atoms with van der Waals surface area (Å²) < 4.78 is 0. The standard InChI is InChI=1S/C17H20N2OS/c1-2-10-18-16(20)13-8-9-14-15(11-13)21-17(19-14)12-6-4-3-5-7-12/h3-7,13H,2,8-11H2,1H3,(H,18,20). The molecule has 1 amide bonds. The molecule has 0 saturated carbocycles.